The molecule has 0 spiro atoms. The lowest BCUT2D eigenvalue weighted by atomic mass is 9.85. The largest absolute Gasteiger partial charge is 0.397 e. The summed E-state index contributed by atoms with van der Waals surface area (Å²) in [6.07, 6.45) is 0. The first-order valence-corrected chi connectivity index (χ1v) is 7.32. The predicted molar refractivity (Wildman–Crippen MR) is 76.2 cm³/mol. The van der Waals surface area contributed by atoms with Crippen molar-refractivity contribution in [1.29, 1.82) is 0 Å². The molecule has 1 aromatic carbocycles. The number of nitrogens with one attached hydrogen (secondary N) is 1. The van der Waals surface area contributed by atoms with Gasteiger partial charge < -0.3 is 16.2 Å². The SMILES string of the molecule is CC(C)(O)C(C)(C)Nc1ccc(S(N)(=O)=O)cc1N. The van der Waals surface area contributed by atoms with Gasteiger partial charge in [-0.25, -0.2) is 13.6 Å². The van der Waals surface area contributed by atoms with E-state index in [9.17, 15) is 13.5 Å². The Labute approximate surface area is 113 Å². The van der Waals surface area contributed by atoms with Gasteiger partial charge in [-0.1, -0.05) is 0 Å². The highest BCUT2D eigenvalue weighted by atomic mass is 32.2. The highest BCUT2D eigenvalue weighted by molar-refractivity contribution is 7.89. The lowest BCUT2D eigenvalue weighted by Crippen LogP contribution is -2.51. The van der Waals surface area contributed by atoms with Crippen LogP contribution >= 0.6 is 0 Å². The first kappa shape index (κ1) is 15.7. The van der Waals surface area contributed by atoms with E-state index in [-0.39, 0.29) is 10.6 Å². The minimum absolute atomic E-state index is 0.0448. The number of rotatable bonds is 4. The van der Waals surface area contributed by atoms with Gasteiger partial charge >= 0.3 is 0 Å². The van der Waals surface area contributed by atoms with Crippen molar-refractivity contribution >= 4 is 21.4 Å². The summed E-state index contributed by atoms with van der Waals surface area (Å²) in [5.74, 6) is 0. The number of benzene rings is 1. The van der Waals surface area contributed by atoms with E-state index < -0.39 is 21.2 Å². The van der Waals surface area contributed by atoms with E-state index in [0.29, 0.717) is 5.69 Å². The Morgan fingerprint density at radius 2 is 1.74 bits per heavy atom. The highest BCUT2D eigenvalue weighted by Crippen LogP contribution is 2.30. The van der Waals surface area contributed by atoms with Crippen LogP contribution in [0.15, 0.2) is 23.1 Å². The van der Waals surface area contributed by atoms with Gasteiger partial charge in [-0.05, 0) is 45.9 Å². The average Bonchev–Trinajstić information content (AvgIpc) is 2.17. The third-order valence-electron chi connectivity index (χ3n) is 3.33. The lowest BCUT2D eigenvalue weighted by Gasteiger charge is -2.39. The quantitative estimate of drug-likeness (QED) is 0.613. The zero-order valence-electron chi connectivity index (χ0n) is 11.6. The fraction of sp³-hybridized carbons (Fsp3) is 0.500. The van der Waals surface area contributed by atoms with Crippen LogP contribution in [0.5, 0.6) is 0 Å². The molecule has 0 radical (unpaired) electrons. The maximum atomic E-state index is 11.2. The van der Waals surface area contributed by atoms with Gasteiger partial charge in [0, 0.05) is 0 Å². The third kappa shape index (κ3) is 3.59. The van der Waals surface area contributed by atoms with Crippen LogP contribution in [0.25, 0.3) is 0 Å². The normalized spacial score (nSPS) is 13.4. The molecule has 0 atom stereocenters. The van der Waals surface area contributed by atoms with E-state index in [4.69, 9.17) is 10.9 Å². The van der Waals surface area contributed by atoms with Crippen molar-refractivity contribution in [3.05, 3.63) is 18.2 Å². The zero-order chi connectivity index (χ0) is 15.1. The van der Waals surface area contributed by atoms with Crippen molar-refractivity contribution in [2.24, 2.45) is 5.14 Å². The number of primary sulfonamides is 1. The summed E-state index contributed by atoms with van der Waals surface area (Å²) in [5.41, 5.74) is 4.96. The third-order valence-corrected chi connectivity index (χ3v) is 4.24. The maximum absolute atomic E-state index is 11.2. The van der Waals surface area contributed by atoms with Gasteiger partial charge in [0.15, 0.2) is 0 Å². The fourth-order valence-electron chi connectivity index (χ4n) is 1.32. The number of aliphatic hydroxyl groups is 1. The van der Waals surface area contributed by atoms with E-state index in [1.807, 2.05) is 13.8 Å². The maximum Gasteiger partial charge on any atom is 0.238 e. The van der Waals surface area contributed by atoms with Crippen molar-refractivity contribution < 1.29 is 13.5 Å². The van der Waals surface area contributed by atoms with Crippen molar-refractivity contribution in [2.75, 3.05) is 11.1 Å². The fourth-order valence-corrected chi connectivity index (χ4v) is 1.87. The van der Waals surface area contributed by atoms with Crippen LogP contribution in [0.3, 0.4) is 0 Å². The molecule has 0 aliphatic heterocycles. The molecule has 0 unspecified atom stereocenters. The van der Waals surface area contributed by atoms with Crippen LogP contribution in [0.2, 0.25) is 0 Å². The summed E-state index contributed by atoms with van der Waals surface area (Å²) in [6, 6.07) is 4.19. The van der Waals surface area contributed by atoms with Gasteiger partial charge in [0.05, 0.1) is 27.4 Å². The minimum Gasteiger partial charge on any atom is -0.397 e. The molecule has 0 fully saturated rings. The van der Waals surface area contributed by atoms with E-state index >= 15 is 0 Å². The summed E-state index contributed by atoms with van der Waals surface area (Å²) < 4.78 is 22.4. The molecule has 0 heterocycles. The standard InChI is InChI=1S/C12H21N3O3S/c1-11(2,12(3,4)16)15-10-6-5-8(7-9(10)13)19(14,17)18/h5-7,15-16H,13H2,1-4H3,(H2,14,17,18). The molecule has 6 N–H and O–H groups in total. The molecule has 7 heteroatoms. The predicted octanol–water partition coefficient (Wildman–Crippen LogP) is 0.878. The molecular weight excluding hydrogens is 266 g/mol. The molecule has 0 saturated carbocycles. The molecule has 0 aromatic heterocycles. The molecule has 0 saturated heterocycles. The van der Waals surface area contributed by atoms with Gasteiger partial charge in [-0.3, -0.25) is 0 Å². The minimum atomic E-state index is -3.77. The van der Waals surface area contributed by atoms with Gasteiger partial charge in [-0.15, -0.1) is 0 Å². The Kier molecular flexibility index (Phi) is 3.86. The molecule has 6 nitrogen and oxygen atoms in total. The lowest BCUT2D eigenvalue weighted by molar-refractivity contribution is 0.0241. The number of nitrogens with two attached hydrogens (primary N) is 2. The molecule has 0 aliphatic rings. The number of anilines is 2. The molecule has 19 heavy (non-hydrogen) atoms. The smallest absolute Gasteiger partial charge is 0.238 e. The van der Waals surface area contributed by atoms with E-state index in [0.717, 1.165) is 0 Å². The van der Waals surface area contributed by atoms with E-state index in [1.54, 1.807) is 13.8 Å². The average molecular weight is 287 g/mol. The molecule has 0 bridgehead atoms. The number of nitrogen functional groups attached to an aromatic ring is 1. The van der Waals surface area contributed by atoms with Gasteiger partial charge in [0.25, 0.3) is 0 Å². The van der Waals surface area contributed by atoms with Gasteiger partial charge in [-0.2, -0.15) is 0 Å². The Hall–Kier alpha value is -1.31. The molecule has 0 amide bonds. The molecule has 1 aromatic rings. The number of hydrogen-bond acceptors (Lipinski definition) is 5. The van der Waals surface area contributed by atoms with Crippen LogP contribution in [0.4, 0.5) is 11.4 Å². The van der Waals surface area contributed by atoms with Crippen molar-refractivity contribution in [3.63, 3.8) is 0 Å². The van der Waals surface area contributed by atoms with Crippen molar-refractivity contribution in [2.45, 2.75) is 43.7 Å². The van der Waals surface area contributed by atoms with E-state index in [1.165, 1.54) is 18.2 Å². The second-order valence-electron chi connectivity index (χ2n) is 5.60. The van der Waals surface area contributed by atoms with Gasteiger partial charge in [0.1, 0.15) is 0 Å². The van der Waals surface area contributed by atoms with Gasteiger partial charge in [0.2, 0.25) is 10.0 Å². The second kappa shape index (κ2) is 4.66. The Balaban J connectivity index is 3.13. The highest BCUT2D eigenvalue weighted by Gasteiger charge is 2.35. The molecular formula is C12H21N3O3S. The summed E-state index contributed by atoms with van der Waals surface area (Å²) in [7, 11) is -3.77. The van der Waals surface area contributed by atoms with Crippen LogP contribution in [0, 0.1) is 0 Å². The van der Waals surface area contributed by atoms with Crippen LogP contribution in [-0.4, -0.2) is 24.7 Å². The molecule has 0 aliphatic carbocycles. The molecule has 1 rings (SSSR count). The summed E-state index contributed by atoms with van der Waals surface area (Å²) >= 11 is 0. The van der Waals surface area contributed by atoms with E-state index in [2.05, 4.69) is 5.32 Å². The van der Waals surface area contributed by atoms with Crippen LogP contribution in [-0.2, 0) is 10.0 Å². The zero-order valence-corrected chi connectivity index (χ0v) is 12.4. The Bertz CT molecular complexity index is 574. The number of hydrogen-bond donors (Lipinski definition) is 4. The Morgan fingerprint density at radius 1 is 1.21 bits per heavy atom. The first-order valence-electron chi connectivity index (χ1n) is 5.77. The molecule has 108 valence electrons. The summed E-state index contributed by atoms with van der Waals surface area (Å²) in [4.78, 5) is -0.0448. The summed E-state index contributed by atoms with van der Waals surface area (Å²) in [6.45, 7) is 6.99. The first-order chi connectivity index (χ1) is 8.34. The second-order valence-corrected chi connectivity index (χ2v) is 7.16. The monoisotopic (exact) mass is 287 g/mol. The topological polar surface area (TPSA) is 118 Å². The van der Waals surface area contributed by atoms with Crippen LogP contribution in [0.1, 0.15) is 27.7 Å². The van der Waals surface area contributed by atoms with Crippen molar-refractivity contribution in [3.8, 4) is 0 Å². The van der Waals surface area contributed by atoms with Crippen LogP contribution < -0.4 is 16.2 Å². The van der Waals surface area contributed by atoms with Crippen molar-refractivity contribution in [1.82, 2.24) is 0 Å². The Morgan fingerprint density at radius 3 is 2.11 bits per heavy atom. The summed E-state index contributed by atoms with van der Waals surface area (Å²) in [5, 5.41) is 18.2. The number of sulfonamides is 1.